The van der Waals surface area contributed by atoms with Gasteiger partial charge in [-0.15, -0.1) is 0 Å². The Balaban J connectivity index is 1.60. The van der Waals surface area contributed by atoms with Crippen LogP contribution < -0.4 is 14.8 Å². The van der Waals surface area contributed by atoms with Crippen LogP contribution in [0.15, 0.2) is 29.2 Å². The van der Waals surface area contributed by atoms with Crippen LogP contribution >= 0.6 is 0 Å². The standard InChI is InChI=1S/C17H24N2O5S/c1-16-7-4-8-17(10-16,24-12-16)11-18-15(20)19-25(21,22)14-6-3-5-13(9-14)23-2/h3,5-6,9H,4,7-8,10-12H2,1-2H3,(H2,18,19,20). The quantitative estimate of drug-likeness (QED) is 0.829. The van der Waals surface area contributed by atoms with Crippen LogP contribution in [-0.4, -0.2) is 40.3 Å². The average Bonchev–Trinajstić information content (AvgIpc) is 2.82. The number of carbonyl (C=O) groups is 1. The maximum atomic E-state index is 12.3. The fraction of sp³-hybridized carbons (Fsp3) is 0.588. The zero-order valence-electron chi connectivity index (χ0n) is 14.5. The molecule has 1 saturated carbocycles. The van der Waals surface area contributed by atoms with Crippen molar-refractivity contribution in [3.8, 4) is 5.75 Å². The van der Waals surface area contributed by atoms with Crippen molar-refractivity contribution in [2.24, 2.45) is 5.41 Å². The number of methoxy groups -OCH3 is 1. The molecule has 1 aliphatic carbocycles. The van der Waals surface area contributed by atoms with Crippen molar-refractivity contribution in [3.63, 3.8) is 0 Å². The predicted molar refractivity (Wildman–Crippen MR) is 92.0 cm³/mol. The number of rotatable bonds is 5. The van der Waals surface area contributed by atoms with Gasteiger partial charge in [0.05, 0.1) is 24.2 Å². The fourth-order valence-electron chi connectivity index (χ4n) is 3.79. The number of benzene rings is 1. The number of carbonyl (C=O) groups excluding carboxylic acids is 1. The van der Waals surface area contributed by atoms with Crippen molar-refractivity contribution < 1.29 is 22.7 Å². The summed E-state index contributed by atoms with van der Waals surface area (Å²) in [5.74, 6) is 0.406. The average molecular weight is 368 g/mol. The highest BCUT2D eigenvalue weighted by atomic mass is 32.2. The number of nitrogens with one attached hydrogen (secondary N) is 2. The fourth-order valence-corrected chi connectivity index (χ4v) is 4.76. The molecule has 2 atom stereocenters. The zero-order valence-corrected chi connectivity index (χ0v) is 15.3. The molecule has 2 unspecified atom stereocenters. The molecular formula is C17H24N2O5S. The van der Waals surface area contributed by atoms with Gasteiger partial charge in [-0.25, -0.2) is 17.9 Å². The van der Waals surface area contributed by atoms with Crippen molar-refractivity contribution in [1.82, 2.24) is 10.0 Å². The molecule has 1 aliphatic heterocycles. The lowest BCUT2D eigenvalue weighted by molar-refractivity contribution is 0.00136. The van der Waals surface area contributed by atoms with E-state index >= 15 is 0 Å². The van der Waals surface area contributed by atoms with Gasteiger partial charge in [-0.1, -0.05) is 13.0 Å². The molecule has 138 valence electrons. The Morgan fingerprint density at radius 1 is 1.36 bits per heavy atom. The Kier molecular flexibility index (Phi) is 4.68. The van der Waals surface area contributed by atoms with E-state index in [1.807, 2.05) is 4.72 Å². The number of urea groups is 1. The molecule has 0 spiro atoms. The Hall–Kier alpha value is -1.80. The van der Waals surface area contributed by atoms with Crippen LogP contribution in [0.1, 0.15) is 32.6 Å². The van der Waals surface area contributed by atoms with Gasteiger partial charge in [-0.3, -0.25) is 0 Å². The number of hydrogen-bond donors (Lipinski definition) is 2. The number of amides is 2. The summed E-state index contributed by atoms with van der Waals surface area (Å²) in [5.41, 5.74) is -0.201. The van der Waals surface area contributed by atoms with Crippen LogP contribution in [0.25, 0.3) is 0 Å². The van der Waals surface area contributed by atoms with E-state index in [9.17, 15) is 13.2 Å². The van der Waals surface area contributed by atoms with Crippen molar-refractivity contribution in [2.45, 2.75) is 43.1 Å². The minimum atomic E-state index is -3.96. The van der Waals surface area contributed by atoms with Gasteiger partial charge in [0.1, 0.15) is 5.75 Å². The molecule has 1 aromatic rings. The number of ether oxygens (including phenoxy) is 2. The van der Waals surface area contributed by atoms with Gasteiger partial charge < -0.3 is 14.8 Å². The topological polar surface area (TPSA) is 93.7 Å². The first-order valence-corrected chi connectivity index (χ1v) is 9.83. The minimum Gasteiger partial charge on any atom is -0.497 e. The summed E-state index contributed by atoms with van der Waals surface area (Å²) >= 11 is 0. The second-order valence-electron chi connectivity index (χ2n) is 7.28. The Labute approximate surface area is 148 Å². The van der Waals surface area contributed by atoms with Crippen LogP contribution in [-0.2, 0) is 14.8 Å². The van der Waals surface area contributed by atoms with Crippen LogP contribution in [0.3, 0.4) is 0 Å². The zero-order chi connectivity index (χ0) is 18.1. The lowest BCUT2D eigenvalue weighted by Crippen LogP contribution is -2.48. The Morgan fingerprint density at radius 3 is 2.92 bits per heavy atom. The van der Waals surface area contributed by atoms with E-state index in [0.29, 0.717) is 18.9 Å². The van der Waals surface area contributed by atoms with Crippen molar-refractivity contribution >= 4 is 16.1 Å². The van der Waals surface area contributed by atoms with Gasteiger partial charge in [0, 0.05) is 12.6 Å². The summed E-state index contributed by atoms with van der Waals surface area (Å²) < 4.78 is 37.6. The molecule has 1 saturated heterocycles. The van der Waals surface area contributed by atoms with Crippen molar-refractivity contribution in [1.29, 1.82) is 0 Å². The molecule has 1 heterocycles. The second kappa shape index (κ2) is 6.49. The van der Waals surface area contributed by atoms with Crippen LogP contribution in [0.4, 0.5) is 4.79 Å². The molecule has 2 N–H and O–H groups in total. The lowest BCUT2D eigenvalue weighted by atomic mass is 9.72. The van der Waals surface area contributed by atoms with Gasteiger partial charge in [0.25, 0.3) is 10.0 Å². The highest BCUT2D eigenvalue weighted by Gasteiger charge is 2.49. The molecule has 8 heteroatoms. The van der Waals surface area contributed by atoms with Crippen LogP contribution in [0.5, 0.6) is 5.75 Å². The molecule has 2 aliphatic rings. The molecule has 3 rings (SSSR count). The third-order valence-corrected chi connectivity index (χ3v) is 6.37. The number of sulfonamides is 1. The summed E-state index contributed by atoms with van der Waals surface area (Å²) in [6.07, 6.45) is 3.96. The molecule has 25 heavy (non-hydrogen) atoms. The van der Waals surface area contributed by atoms with Gasteiger partial charge in [0.15, 0.2) is 0 Å². The minimum absolute atomic E-state index is 0.0254. The number of fused-ring (bicyclic) bond motifs is 2. The van der Waals surface area contributed by atoms with E-state index in [1.54, 1.807) is 12.1 Å². The molecule has 2 fully saturated rings. The Morgan fingerprint density at radius 2 is 2.16 bits per heavy atom. The summed E-state index contributed by atoms with van der Waals surface area (Å²) in [7, 11) is -2.51. The summed E-state index contributed by atoms with van der Waals surface area (Å²) in [6, 6.07) is 5.21. The third kappa shape index (κ3) is 3.90. The summed E-state index contributed by atoms with van der Waals surface area (Å²) in [6.45, 7) is 3.20. The van der Waals surface area contributed by atoms with E-state index in [2.05, 4.69) is 12.2 Å². The second-order valence-corrected chi connectivity index (χ2v) is 8.96. The first-order chi connectivity index (χ1) is 11.8. The molecule has 0 aromatic heterocycles. The van der Waals surface area contributed by atoms with Crippen molar-refractivity contribution in [3.05, 3.63) is 24.3 Å². The Bertz CT molecular complexity index is 766. The molecule has 7 nitrogen and oxygen atoms in total. The highest BCUT2D eigenvalue weighted by Crippen LogP contribution is 2.49. The van der Waals surface area contributed by atoms with Gasteiger partial charge in [-0.05, 0) is 43.2 Å². The first kappa shape index (κ1) is 18.0. The third-order valence-electron chi connectivity index (χ3n) is 5.04. The normalized spacial score (nSPS) is 28.4. The molecule has 1 aromatic carbocycles. The first-order valence-electron chi connectivity index (χ1n) is 8.35. The number of hydrogen-bond acceptors (Lipinski definition) is 5. The van der Waals surface area contributed by atoms with Crippen LogP contribution in [0, 0.1) is 5.41 Å². The van der Waals surface area contributed by atoms with E-state index in [1.165, 1.54) is 19.2 Å². The van der Waals surface area contributed by atoms with E-state index in [0.717, 1.165) is 25.7 Å². The predicted octanol–water partition coefficient (Wildman–Crippen LogP) is 2.03. The van der Waals surface area contributed by atoms with E-state index < -0.39 is 16.1 Å². The summed E-state index contributed by atoms with van der Waals surface area (Å²) in [5, 5.41) is 2.66. The van der Waals surface area contributed by atoms with Crippen molar-refractivity contribution in [2.75, 3.05) is 20.3 Å². The van der Waals surface area contributed by atoms with E-state index in [-0.39, 0.29) is 15.9 Å². The van der Waals surface area contributed by atoms with Gasteiger partial charge in [-0.2, -0.15) is 0 Å². The van der Waals surface area contributed by atoms with Crippen LogP contribution in [0.2, 0.25) is 0 Å². The van der Waals surface area contributed by atoms with E-state index in [4.69, 9.17) is 9.47 Å². The molecule has 2 bridgehead atoms. The molecule has 2 amide bonds. The lowest BCUT2D eigenvalue weighted by Gasteiger charge is -2.35. The van der Waals surface area contributed by atoms with Gasteiger partial charge >= 0.3 is 6.03 Å². The summed E-state index contributed by atoms with van der Waals surface area (Å²) in [4.78, 5) is 12.1. The largest absolute Gasteiger partial charge is 0.497 e. The molecular weight excluding hydrogens is 344 g/mol. The smallest absolute Gasteiger partial charge is 0.328 e. The molecule has 0 radical (unpaired) electrons. The maximum absolute atomic E-state index is 12.3. The monoisotopic (exact) mass is 368 g/mol. The highest BCUT2D eigenvalue weighted by molar-refractivity contribution is 7.90. The SMILES string of the molecule is COc1cccc(S(=O)(=O)NC(=O)NCC23CCCC(C)(CO2)C3)c1. The van der Waals surface area contributed by atoms with Gasteiger partial charge in [0.2, 0.25) is 0 Å². The maximum Gasteiger partial charge on any atom is 0.328 e.